The number of thioether (sulfide) groups is 1. The van der Waals surface area contributed by atoms with Gasteiger partial charge >= 0.3 is 0 Å². The lowest BCUT2D eigenvalue weighted by atomic mass is 10.4. The molecular formula is C10H14N4OS. The van der Waals surface area contributed by atoms with Crippen LogP contribution in [0, 0.1) is 0 Å². The van der Waals surface area contributed by atoms with Crippen molar-refractivity contribution in [1.29, 1.82) is 0 Å². The standard InChI is InChI=1S/C10H14N4OS/c1-2-11-5-8-3-4-9(15-8)6-16-10-12-7-13-14-10/h3-4,7,11H,2,5-6H2,1H3,(H,12,13,14). The first-order valence-electron chi connectivity index (χ1n) is 5.15. The molecule has 0 radical (unpaired) electrons. The summed E-state index contributed by atoms with van der Waals surface area (Å²) in [5.74, 6) is 2.69. The maximum atomic E-state index is 5.64. The van der Waals surface area contributed by atoms with E-state index in [2.05, 4.69) is 27.4 Å². The average Bonchev–Trinajstić information content (AvgIpc) is 2.95. The van der Waals surface area contributed by atoms with Crippen molar-refractivity contribution in [2.75, 3.05) is 6.54 Å². The highest BCUT2D eigenvalue weighted by Crippen LogP contribution is 2.19. The van der Waals surface area contributed by atoms with Crippen LogP contribution in [0.2, 0.25) is 0 Å². The molecule has 86 valence electrons. The Bertz CT molecular complexity index is 412. The van der Waals surface area contributed by atoms with Gasteiger partial charge in [-0.15, -0.1) is 0 Å². The summed E-state index contributed by atoms with van der Waals surface area (Å²) in [6.07, 6.45) is 1.50. The molecule has 0 aliphatic heterocycles. The summed E-state index contributed by atoms with van der Waals surface area (Å²) in [6.45, 7) is 3.80. The summed E-state index contributed by atoms with van der Waals surface area (Å²) in [4.78, 5) is 4.03. The maximum Gasteiger partial charge on any atom is 0.183 e. The van der Waals surface area contributed by atoms with Gasteiger partial charge in [-0.3, -0.25) is 5.10 Å². The van der Waals surface area contributed by atoms with E-state index in [1.807, 2.05) is 12.1 Å². The number of H-pyrrole nitrogens is 1. The molecular weight excluding hydrogens is 224 g/mol. The van der Waals surface area contributed by atoms with E-state index in [9.17, 15) is 0 Å². The van der Waals surface area contributed by atoms with Gasteiger partial charge in [-0.05, 0) is 18.7 Å². The number of aromatic amines is 1. The topological polar surface area (TPSA) is 66.7 Å². The summed E-state index contributed by atoms with van der Waals surface area (Å²) < 4.78 is 5.64. The second-order valence-corrected chi connectivity index (χ2v) is 4.19. The van der Waals surface area contributed by atoms with Gasteiger partial charge in [-0.2, -0.15) is 5.10 Å². The smallest absolute Gasteiger partial charge is 0.183 e. The fourth-order valence-electron chi connectivity index (χ4n) is 1.25. The van der Waals surface area contributed by atoms with Crippen LogP contribution in [0.5, 0.6) is 0 Å². The Labute approximate surface area is 98.0 Å². The first kappa shape index (κ1) is 11.2. The zero-order valence-electron chi connectivity index (χ0n) is 9.06. The van der Waals surface area contributed by atoms with Crippen LogP contribution < -0.4 is 5.32 Å². The lowest BCUT2D eigenvalue weighted by Crippen LogP contribution is -2.10. The van der Waals surface area contributed by atoms with E-state index in [-0.39, 0.29) is 0 Å². The first-order chi connectivity index (χ1) is 7.88. The highest BCUT2D eigenvalue weighted by molar-refractivity contribution is 7.98. The molecule has 0 aliphatic rings. The van der Waals surface area contributed by atoms with Gasteiger partial charge in [-0.25, -0.2) is 4.98 Å². The second kappa shape index (κ2) is 5.72. The molecule has 16 heavy (non-hydrogen) atoms. The number of nitrogens with one attached hydrogen (secondary N) is 2. The summed E-state index contributed by atoms with van der Waals surface area (Å²) in [5, 5.41) is 10.6. The fourth-order valence-corrected chi connectivity index (χ4v) is 1.92. The van der Waals surface area contributed by atoms with Crippen LogP contribution in [0.3, 0.4) is 0 Å². The van der Waals surface area contributed by atoms with Crippen LogP contribution >= 0.6 is 11.8 Å². The van der Waals surface area contributed by atoms with E-state index in [1.54, 1.807) is 11.8 Å². The van der Waals surface area contributed by atoms with Crippen molar-refractivity contribution in [2.45, 2.75) is 24.4 Å². The van der Waals surface area contributed by atoms with E-state index < -0.39 is 0 Å². The Kier molecular flexibility index (Phi) is 4.01. The molecule has 6 heteroatoms. The van der Waals surface area contributed by atoms with E-state index in [0.29, 0.717) is 0 Å². The largest absolute Gasteiger partial charge is 0.464 e. The summed E-state index contributed by atoms with van der Waals surface area (Å²) >= 11 is 1.57. The summed E-state index contributed by atoms with van der Waals surface area (Å²) in [7, 11) is 0. The predicted octanol–water partition coefficient (Wildman–Crippen LogP) is 1.80. The number of hydrogen-bond acceptors (Lipinski definition) is 5. The van der Waals surface area contributed by atoms with Crippen LogP contribution in [-0.4, -0.2) is 21.7 Å². The molecule has 0 atom stereocenters. The molecule has 2 aromatic rings. The Morgan fingerprint density at radius 3 is 3.06 bits per heavy atom. The summed E-state index contributed by atoms with van der Waals surface area (Å²) in [6, 6.07) is 4.00. The highest BCUT2D eigenvalue weighted by Gasteiger charge is 2.03. The molecule has 0 saturated carbocycles. The summed E-state index contributed by atoms with van der Waals surface area (Å²) in [5.41, 5.74) is 0. The van der Waals surface area contributed by atoms with Crippen LogP contribution in [0.15, 0.2) is 28.0 Å². The van der Waals surface area contributed by atoms with E-state index >= 15 is 0 Å². The van der Waals surface area contributed by atoms with Gasteiger partial charge in [0.25, 0.3) is 0 Å². The molecule has 0 unspecified atom stereocenters. The van der Waals surface area contributed by atoms with E-state index in [1.165, 1.54) is 6.33 Å². The normalized spacial score (nSPS) is 10.8. The molecule has 0 amide bonds. The molecule has 2 rings (SSSR count). The van der Waals surface area contributed by atoms with Crippen LogP contribution in [0.25, 0.3) is 0 Å². The van der Waals surface area contributed by atoms with Crippen molar-refractivity contribution < 1.29 is 4.42 Å². The molecule has 5 nitrogen and oxygen atoms in total. The van der Waals surface area contributed by atoms with Gasteiger partial charge in [0.1, 0.15) is 17.8 Å². The maximum absolute atomic E-state index is 5.64. The number of aromatic nitrogens is 3. The zero-order valence-corrected chi connectivity index (χ0v) is 9.88. The first-order valence-corrected chi connectivity index (χ1v) is 6.13. The van der Waals surface area contributed by atoms with Crippen molar-refractivity contribution in [3.63, 3.8) is 0 Å². The number of nitrogens with zero attached hydrogens (tertiary/aromatic N) is 2. The minimum absolute atomic E-state index is 0.765. The Balaban J connectivity index is 1.83. The minimum Gasteiger partial charge on any atom is -0.464 e. The van der Waals surface area contributed by atoms with Crippen molar-refractivity contribution in [3.8, 4) is 0 Å². The highest BCUT2D eigenvalue weighted by atomic mass is 32.2. The van der Waals surface area contributed by atoms with E-state index in [4.69, 9.17) is 4.42 Å². The van der Waals surface area contributed by atoms with Crippen molar-refractivity contribution in [2.24, 2.45) is 0 Å². The molecule has 0 bridgehead atoms. The van der Waals surface area contributed by atoms with Gasteiger partial charge in [-0.1, -0.05) is 18.7 Å². The Morgan fingerprint density at radius 2 is 2.31 bits per heavy atom. The number of hydrogen-bond donors (Lipinski definition) is 2. The third-order valence-electron chi connectivity index (χ3n) is 2.01. The monoisotopic (exact) mass is 238 g/mol. The van der Waals surface area contributed by atoms with Crippen molar-refractivity contribution in [3.05, 3.63) is 30.0 Å². The van der Waals surface area contributed by atoms with Crippen molar-refractivity contribution >= 4 is 11.8 Å². The second-order valence-electron chi connectivity index (χ2n) is 3.23. The van der Waals surface area contributed by atoms with Crippen molar-refractivity contribution in [1.82, 2.24) is 20.5 Å². The molecule has 0 fully saturated rings. The third-order valence-corrected chi connectivity index (χ3v) is 2.91. The molecule has 2 aromatic heterocycles. The number of rotatable bonds is 6. The predicted molar refractivity (Wildman–Crippen MR) is 62.0 cm³/mol. The van der Waals surface area contributed by atoms with Crippen LogP contribution in [0.4, 0.5) is 0 Å². The molecule has 2 heterocycles. The zero-order chi connectivity index (χ0) is 11.2. The fraction of sp³-hybridized carbons (Fsp3) is 0.400. The Morgan fingerprint density at radius 1 is 1.44 bits per heavy atom. The molecule has 0 saturated heterocycles. The van der Waals surface area contributed by atoms with Gasteiger partial charge in [0.05, 0.1) is 12.3 Å². The minimum atomic E-state index is 0.765. The lowest BCUT2D eigenvalue weighted by molar-refractivity contribution is 0.462. The van der Waals surface area contributed by atoms with Crippen LogP contribution in [-0.2, 0) is 12.3 Å². The quantitative estimate of drug-likeness (QED) is 0.751. The van der Waals surface area contributed by atoms with Crippen LogP contribution in [0.1, 0.15) is 18.4 Å². The number of furan rings is 1. The van der Waals surface area contributed by atoms with Gasteiger partial charge in [0, 0.05) is 0 Å². The van der Waals surface area contributed by atoms with Gasteiger partial charge in [0.15, 0.2) is 5.16 Å². The molecule has 0 spiro atoms. The van der Waals surface area contributed by atoms with E-state index in [0.717, 1.165) is 35.5 Å². The van der Waals surface area contributed by atoms with Gasteiger partial charge in [0.2, 0.25) is 0 Å². The average molecular weight is 238 g/mol. The molecule has 0 aliphatic carbocycles. The third kappa shape index (κ3) is 3.11. The Hall–Kier alpha value is -1.27. The SMILES string of the molecule is CCNCc1ccc(CSc2ncn[nH]2)o1. The van der Waals surface area contributed by atoms with Gasteiger partial charge < -0.3 is 9.73 Å². The lowest BCUT2D eigenvalue weighted by Gasteiger charge is -1.97. The molecule has 2 N–H and O–H groups in total. The molecule has 0 aromatic carbocycles.